The van der Waals surface area contributed by atoms with Gasteiger partial charge < -0.3 is 30.5 Å². The highest BCUT2D eigenvalue weighted by molar-refractivity contribution is 7.09. The normalized spacial score (nSPS) is 24.0. The summed E-state index contributed by atoms with van der Waals surface area (Å²) in [5.41, 5.74) is 2.13. The minimum atomic E-state index is -0.935. The van der Waals surface area contributed by atoms with Gasteiger partial charge >= 0.3 is 6.09 Å². The first-order valence-corrected chi connectivity index (χ1v) is 17.8. The third kappa shape index (κ3) is 8.26. The molecule has 2 aromatic rings. The van der Waals surface area contributed by atoms with Crippen LogP contribution in [0.1, 0.15) is 89.4 Å². The van der Waals surface area contributed by atoms with E-state index >= 15 is 0 Å². The highest BCUT2D eigenvalue weighted by Gasteiger charge is 2.41. The van der Waals surface area contributed by atoms with Gasteiger partial charge in [0.1, 0.15) is 11.8 Å². The van der Waals surface area contributed by atoms with Gasteiger partial charge in [-0.05, 0) is 61.2 Å². The number of fused-ring (bicyclic) bond motifs is 1. The smallest absolute Gasteiger partial charge is 0.410 e. The number of ether oxygens (including phenoxy) is 1. The van der Waals surface area contributed by atoms with Crippen LogP contribution in [0.15, 0.2) is 35.7 Å². The average Bonchev–Trinajstić information content (AvgIpc) is 3.61. The van der Waals surface area contributed by atoms with Crippen LogP contribution in [-0.2, 0) is 29.1 Å². The van der Waals surface area contributed by atoms with E-state index < -0.39 is 30.1 Å². The summed E-state index contributed by atoms with van der Waals surface area (Å²) in [6, 6.07) is 7.01. The fourth-order valence-corrected chi connectivity index (χ4v) is 7.84. The molecule has 45 heavy (non-hydrogen) atoms. The van der Waals surface area contributed by atoms with Crippen LogP contribution in [0.4, 0.5) is 4.79 Å². The first kappa shape index (κ1) is 29.5. The number of carbonyl (C=O) groups excluding carboxylic acids is 3. The molecule has 0 unspecified atom stereocenters. The van der Waals surface area contributed by atoms with E-state index in [1.807, 2.05) is 23.6 Å². The highest BCUT2D eigenvalue weighted by Crippen LogP contribution is 2.30. The van der Waals surface area contributed by atoms with Crippen molar-refractivity contribution < 1.29 is 21.9 Å². The van der Waals surface area contributed by atoms with E-state index in [4.69, 9.17) is 4.74 Å². The lowest BCUT2D eigenvalue weighted by Gasteiger charge is -2.42. The Morgan fingerprint density at radius 1 is 1.02 bits per heavy atom. The maximum atomic E-state index is 14.6. The van der Waals surface area contributed by atoms with Gasteiger partial charge in [0.2, 0.25) is 11.8 Å². The second kappa shape index (κ2) is 15.6. The molecule has 4 aliphatic rings. The molecule has 9 nitrogen and oxygen atoms in total. The summed E-state index contributed by atoms with van der Waals surface area (Å²) in [4.78, 5) is 46.1. The number of carbonyl (C=O) groups is 3. The third-order valence-corrected chi connectivity index (χ3v) is 10.6. The fourth-order valence-electron chi connectivity index (χ4n) is 7.19. The Morgan fingerprint density at radius 3 is 2.60 bits per heavy atom. The van der Waals surface area contributed by atoms with E-state index in [2.05, 4.69) is 22.0 Å². The molecule has 3 amide bonds. The van der Waals surface area contributed by atoms with Crippen LogP contribution in [0.25, 0.3) is 0 Å². The van der Waals surface area contributed by atoms with Gasteiger partial charge in [0.05, 0.1) is 19.1 Å². The molecule has 0 spiro atoms. The average molecular weight is 638 g/mol. The Bertz CT molecular complexity index is 1370. The summed E-state index contributed by atoms with van der Waals surface area (Å²) in [5.74, 6) is -0.821. The lowest BCUT2D eigenvalue weighted by Crippen LogP contribution is -2.64. The zero-order valence-electron chi connectivity index (χ0n) is 28.3. The molecule has 3 N–H and O–H groups in total. The van der Waals surface area contributed by atoms with Crippen LogP contribution in [-0.4, -0.2) is 72.0 Å². The van der Waals surface area contributed by atoms with Gasteiger partial charge in [0.25, 0.3) is 0 Å². The van der Waals surface area contributed by atoms with Crippen molar-refractivity contribution in [2.45, 2.75) is 108 Å². The summed E-state index contributed by atoms with van der Waals surface area (Å²) in [6.07, 6.45) is 9.37. The monoisotopic (exact) mass is 637 g/mol. The largest absolute Gasteiger partial charge is 0.415 e. The number of nitrogens with one attached hydrogen (secondary N) is 3. The van der Waals surface area contributed by atoms with Crippen molar-refractivity contribution >= 4 is 29.2 Å². The van der Waals surface area contributed by atoms with Crippen molar-refractivity contribution in [1.29, 1.82) is 0 Å². The van der Waals surface area contributed by atoms with Crippen LogP contribution in [0.3, 0.4) is 0 Å². The molecule has 0 radical (unpaired) electrons. The number of nitrogens with zero attached hydrogens (tertiary/aromatic N) is 2. The minimum absolute atomic E-state index is 0.00111. The molecule has 2 aliphatic heterocycles. The van der Waals surface area contributed by atoms with Crippen molar-refractivity contribution in [1.82, 2.24) is 25.8 Å². The Morgan fingerprint density at radius 2 is 1.82 bits per heavy atom. The Balaban J connectivity index is 1.22. The van der Waals surface area contributed by atoms with Gasteiger partial charge in [-0.3, -0.25) is 9.59 Å². The van der Waals surface area contributed by atoms with Crippen LogP contribution in [0.5, 0.6) is 5.75 Å². The van der Waals surface area contributed by atoms with Gasteiger partial charge in [-0.15, -0.1) is 11.3 Å². The molecule has 3 fully saturated rings. The number of thiophene rings is 1. The maximum Gasteiger partial charge on any atom is 0.415 e. The first-order valence-electron chi connectivity index (χ1n) is 17.9. The third-order valence-electron chi connectivity index (χ3n) is 9.73. The minimum Gasteiger partial charge on any atom is -0.410 e. The number of hydrogen-bond donors (Lipinski definition) is 3. The summed E-state index contributed by atoms with van der Waals surface area (Å²) >= 11 is 1.54. The molecule has 1 saturated heterocycles. The van der Waals surface area contributed by atoms with E-state index in [1.54, 1.807) is 22.3 Å². The highest BCUT2D eigenvalue weighted by atomic mass is 32.1. The molecule has 10 heteroatoms. The van der Waals surface area contributed by atoms with Crippen LogP contribution in [0.2, 0.25) is 0 Å². The topological polar surface area (TPSA) is 103 Å². The standard InChI is InChI=1S/C35H49N5O4S/c41-33(37-22-28-14-8-20-45-28)31-24-39(35(43)44-32-15-7-11-26-16-17-36-23-29(26)32)18-19-40(31)34(42)30(21-25-9-3-1-4-10-25)38-27-12-5-2-6-13-27/h7-8,11,14-15,20,25,27,30-31,36,38H,1-6,9-10,12-13,16-19,21-24H2,(H,37,41)/t30-,31-/m0/s1/i25D,27D. The lowest BCUT2D eigenvalue weighted by atomic mass is 9.83. The molecule has 1 aromatic carbocycles. The zero-order valence-corrected chi connectivity index (χ0v) is 27.1. The van der Waals surface area contributed by atoms with Crippen molar-refractivity contribution in [2.24, 2.45) is 5.89 Å². The quantitative estimate of drug-likeness (QED) is 0.359. The van der Waals surface area contributed by atoms with Crippen LogP contribution < -0.4 is 20.7 Å². The molecular formula is C35H49N5O4S. The van der Waals surface area contributed by atoms with Crippen LogP contribution >= 0.6 is 11.3 Å². The van der Waals surface area contributed by atoms with Gasteiger partial charge in [-0.1, -0.05) is 69.6 Å². The van der Waals surface area contributed by atoms with Crippen molar-refractivity contribution in [3.05, 3.63) is 51.7 Å². The van der Waals surface area contributed by atoms with Crippen molar-refractivity contribution in [3.8, 4) is 5.75 Å². The van der Waals surface area contributed by atoms with Crippen LogP contribution in [0, 0.1) is 5.89 Å². The predicted octanol–water partition coefficient (Wildman–Crippen LogP) is 4.98. The molecule has 2 atom stereocenters. The SMILES string of the molecule is [2H]C1(C[C@H](NC2([2H])CCCCC2)C(=O)N2CCN(C(=O)Oc3cccc4c3CNCC4)C[C@H]2C(=O)NCc2cccs2)CCCCC1. The van der Waals surface area contributed by atoms with Gasteiger partial charge in [0.15, 0.2) is 0 Å². The number of rotatable bonds is 9. The molecule has 6 rings (SSSR count). The van der Waals surface area contributed by atoms with E-state index in [-0.39, 0.29) is 31.4 Å². The van der Waals surface area contributed by atoms with E-state index in [1.165, 1.54) is 4.90 Å². The van der Waals surface area contributed by atoms with Gasteiger partial charge in [0, 0.05) is 38.8 Å². The number of piperazine rings is 1. The molecule has 2 saturated carbocycles. The molecule has 1 aromatic heterocycles. The van der Waals surface area contributed by atoms with E-state index in [9.17, 15) is 17.1 Å². The summed E-state index contributed by atoms with van der Waals surface area (Å²) < 4.78 is 24.4. The van der Waals surface area contributed by atoms with Crippen molar-refractivity contribution in [3.63, 3.8) is 0 Å². The molecule has 2 aliphatic carbocycles. The maximum absolute atomic E-state index is 14.6. The first-order chi connectivity index (χ1) is 22.7. The Kier molecular flexibility index (Phi) is 10.2. The second-order valence-corrected chi connectivity index (χ2v) is 13.9. The molecule has 244 valence electrons. The van der Waals surface area contributed by atoms with Gasteiger partial charge in [-0.2, -0.15) is 0 Å². The number of amides is 3. The fraction of sp³-hybridized carbons (Fsp3) is 0.629. The zero-order chi connectivity index (χ0) is 32.9. The molecular weight excluding hydrogens is 586 g/mol. The lowest BCUT2D eigenvalue weighted by molar-refractivity contribution is -0.145. The number of hydrogen-bond acceptors (Lipinski definition) is 7. The number of benzene rings is 1. The Hall–Kier alpha value is -2.95. The molecule has 3 heterocycles. The molecule has 0 bridgehead atoms. The second-order valence-electron chi connectivity index (χ2n) is 12.9. The Labute approximate surface area is 274 Å². The van der Waals surface area contributed by atoms with Crippen molar-refractivity contribution in [2.75, 3.05) is 26.2 Å². The summed E-state index contributed by atoms with van der Waals surface area (Å²) in [6.45, 7) is 2.21. The van der Waals surface area contributed by atoms with E-state index in [0.29, 0.717) is 38.1 Å². The summed E-state index contributed by atoms with van der Waals surface area (Å²) in [5, 5.41) is 11.7. The van der Waals surface area contributed by atoms with E-state index in [0.717, 1.165) is 80.3 Å². The van der Waals surface area contributed by atoms with Gasteiger partial charge in [-0.25, -0.2) is 4.79 Å². The predicted molar refractivity (Wildman–Crippen MR) is 176 cm³/mol. The summed E-state index contributed by atoms with van der Waals surface area (Å²) in [7, 11) is 0.